The van der Waals surface area contributed by atoms with Crippen molar-refractivity contribution in [2.75, 3.05) is 6.61 Å². The highest BCUT2D eigenvalue weighted by Crippen LogP contribution is 2.41. The highest BCUT2D eigenvalue weighted by molar-refractivity contribution is 5.46. The Morgan fingerprint density at radius 1 is 1.37 bits per heavy atom. The van der Waals surface area contributed by atoms with Gasteiger partial charge in [-0.15, -0.1) is 0 Å². The SMILES string of the molecule is CCOC1(c2nc(-c3ccncn3)no2)CCCC1. The van der Waals surface area contributed by atoms with E-state index in [4.69, 9.17) is 9.26 Å². The first kappa shape index (κ1) is 12.2. The van der Waals surface area contributed by atoms with E-state index in [0.717, 1.165) is 25.7 Å². The molecule has 3 rings (SSSR count). The van der Waals surface area contributed by atoms with E-state index in [9.17, 15) is 0 Å². The third-order valence-electron chi connectivity index (χ3n) is 3.46. The van der Waals surface area contributed by atoms with E-state index >= 15 is 0 Å². The predicted octanol–water partition coefficient (Wildman–Crippen LogP) is 2.33. The Morgan fingerprint density at radius 3 is 2.89 bits per heavy atom. The lowest BCUT2D eigenvalue weighted by atomic mass is 10.0. The Kier molecular flexibility index (Phi) is 3.25. The molecular formula is C13H16N4O2. The van der Waals surface area contributed by atoms with Gasteiger partial charge in [0.05, 0.1) is 0 Å². The Bertz CT molecular complexity index is 535. The average molecular weight is 260 g/mol. The third kappa shape index (κ3) is 2.23. The fraction of sp³-hybridized carbons (Fsp3) is 0.538. The zero-order valence-corrected chi connectivity index (χ0v) is 10.9. The van der Waals surface area contributed by atoms with E-state index in [1.807, 2.05) is 6.92 Å². The maximum Gasteiger partial charge on any atom is 0.259 e. The summed E-state index contributed by atoms with van der Waals surface area (Å²) in [5, 5.41) is 4.00. The fourth-order valence-corrected chi connectivity index (χ4v) is 2.58. The van der Waals surface area contributed by atoms with Crippen LogP contribution in [-0.4, -0.2) is 26.7 Å². The van der Waals surface area contributed by atoms with Crippen molar-refractivity contribution in [3.63, 3.8) is 0 Å². The summed E-state index contributed by atoms with van der Waals surface area (Å²) in [6.07, 6.45) is 7.26. The molecule has 0 unspecified atom stereocenters. The van der Waals surface area contributed by atoms with Crippen LogP contribution in [0.25, 0.3) is 11.5 Å². The Balaban J connectivity index is 1.92. The van der Waals surface area contributed by atoms with Crippen molar-refractivity contribution in [3.05, 3.63) is 24.5 Å². The van der Waals surface area contributed by atoms with Crippen LogP contribution in [0.1, 0.15) is 38.5 Å². The summed E-state index contributed by atoms with van der Waals surface area (Å²) in [6, 6.07) is 1.76. The largest absolute Gasteiger partial charge is 0.365 e. The second kappa shape index (κ2) is 5.05. The van der Waals surface area contributed by atoms with Crippen LogP contribution in [-0.2, 0) is 10.3 Å². The van der Waals surface area contributed by atoms with E-state index in [2.05, 4.69) is 20.1 Å². The van der Waals surface area contributed by atoms with Crippen LogP contribution >= 0.6 is 0 Å². The summed E-state index contributed by atoms with van der Waals surface area (Å²) in [5.74, 6) is 1.06. The minimum atomic E-state index is -0.396. The second-order valence-corrected chi connectivity index (χ2v) is 4.65. The molecule has 0 aromatic carbocycles. The maximum atomic E-state index is 5.90. The van der Waals surface area contributed by atoms with Crippen LogP contribution in [0.2, 0.25) is 0 Å². The van der Waals surface area contributed by atoms with Crippen molar-refractivity contribution in [1.29, 1.82) is 0 Å². The van der Waals surface area contributed by atoms with Crippen LogP contribution in [0.4, 0.5) is 0 Å². The first-order valence-corrected chi connectivity index (χ1v) is 6.58. The third-order valence-corrected chi connectivity index (χ3v) is 3.46. The van der Waals surface area contributed by atoms with Crippen molar-refractivity contribution < 1.29 is 9.26 Å². The molecule has 19 heavy (non-hydrogen) atoms. The molecule has 2 aromatic rings. The molecule has 0 amide bonds. The van der Waals surface area contributed by atoms with E-state index in [-0.39, 0.29) is 0 Å². The van der Waals surface area contributed by atoms with Gasteiger partial charge >= 0.3 is 0 Å². The van der Waals surface area contributed by atoms with Gasteiger partial charge in [-0.25, -0.2) is 9.97 Å². The summed E-state index contributed by atoms with van der Waals surface area (Å²) in [7, 11) is 0. The summed E-state index contributed by atoms with van der Waals surface area (Å²) >= 11 is 0. The summed E-state index contributed by atoms with van der Waals surface area (Å²) < 4.78 is 11.3. The molecule has 0 aliphatic heterocycles. The van der Waals surface area contributed by atoms with Crippen LogP contribution in [0.15, 0.2) is 23.1 Å². The number of hydrogen-bond acceptors (Lipinski definition) is 6. The average Bonchev–Trinajstić information content (AvgIpc) is 3.09. The van der Waals surface area contributed by atoms with Gasteiger partial charge in [0, 0.05) is 12.8 Å². The highest BCUT2D eigenvalue weighted by Gasteiger charge is 2.41. The minimum Gasteiger partial charge on any atom is -0.365 e. The van der Waals surface area contributed by atoms with Crippen LogP contribution in [0, 0.1) is 0 Å². The second-order valence-electron chi connectivity index (χ2n) is 4.65. The molecule has 1 saturated carbocycles. The summed E-state index contributed by atoms with van der Waals surface area (Å²) in [4.78, 5) is 12.5. The molecule has 0 N–H and O–H groups in total. The topological polar surface area (TPSA) is 73.9 Å². The molecule has 2 aromatic heterocycles. The number of ether oxygens (including phenoxy) is 1. The monoisotopic (exact) mass is 260 g/mol. The first-order valence-electron chi connectivity index (χ1n) is 6.58. The molecule has 0 radical (unpaired) electrons. The van der Waals surface area contributed by atoms with Gasteiger partial charge in [0.15, 0.2) is 0 Å². The van der Waals surface area contributed by atoms with Gasteiger partial charge in [-0.1, -0.05) is 5.16 Å². The van der Waals surface area contributed by atoms with Crippen molar-refractivity contribution >= 4 is 0 Å². The lowest BCUT2D eigenvalue weighted by molar-refractivity contribution is -0.0610. The molecule has 0 bridgehead atoms. The van der Waals surface area contributed by atoms with Gasteiger partial charge in [0.2, 0.25) is 5.82 Å². The zero-order valence-electron chi connectivity index (χ0n) is 10.9. The maximum absolute atomic E-state index is 5.90. The van der Waals surface area contributed by atoms with Crippen molar-refractivity contribution in [3.8, 4) is 11.5 Å². The normalized spacial score (nSPS) is 17.7. The van der Waals surface area contributed by atoms with E-state index in [1.54, 1.807) is 12.3 Å². The molecule has 1 aliphatic rings. The van der Waals surface area contributed by atoms with Crippen molar-refractivity contribution in [2.45, 2.75) is 38.2 Å². The fourth-order valence-electron chi connectivity index (χ4n) is 2.58. The molecule has 1 aliphatic carbocycles. The molecule has 0 spiro atoms. The highest BCUT2D eigenvalue weighted by atomic mass is 16.5. The standard InChI is InChI=1S/C13H16N4O2/c1-2-18-13(6-3-4-7-13)12-16-11(17-19-12)10-5-8-14-9-15-10/h5,8-9H,2-4,6-7H2,1H3. The molecule has 2 heterocycles. The quantitative estimate of drug-likeness (QED) is 0.840. The molecule has 6 nitrogen and oxygen atoms in total. The Hall–Kier alpha value is -1.82. The van der Waals surface area contributed by atoms with Crippen LogP contribution < -0.4 is 0 Å². The minimum absolute atomic E-state index is 0.396. The molecule has 1 fully saturated rings. The molecule has 0 atom stereocenters. The summed E-state index contributed by atoms with van der Waals surface area (Å²) in [5.41, 5.74) is 0.266. The first-order chi connectivity index (χ1) is 9.34. The van der Waals surface area contributed by atoms with E-state index in [0.29, 0.717) is 24.0 Å². The zero-order chi connectivity index (χ0) is 13.1. The van der Waals surface area contributed by atoms with Crippen molar-refractivity contribution in [2.24, 2.45) is 0 Å². The molecule has 100 valence electrons. The van der Waals surface area contributed by atoms with E-state index in [1.165, 1.54) is 6.33 Å². The van der Waals surface area contributed by atoms with Gasteiger partial charge in [0.1, 0.15) is 17.6 Å². The molecule has 6 heteroatoms. The number of rotatable bonds is 4. The smallest absolute Gasteiger partial charge is 0.259 e. The van der Waals surface area contributed by atoms with Gasteiger partial charge in [-0.3, -0.25) is 0 Å². The van der Waals surface area contributed by atoms with E-state index < -0.39 is 5.60 Å². The number of aromatic nitrogens is 4. The number of hydrogen-bond donors (Lipinski definition) is 0. The molecule has 0 saturated heterocycles. The Labute approximate surface area is 111 Å². The van der Waals surface area contributed by atoms with Gasteiger partial charge in [-0.2, -0.15) is 4.98 Å². The predicted molar refractivity (Wildman–Crippen MR) is 67.1 cm³/mol. The lowest BCUT2D eigenvalue weighted by Crippen LogP contribution is -2.26. The van der Waals surface area contributed by atoms with Gasteiger partial charge in [-0.05, 0) is 38.7 Å². The molecular weight excluding hydrogens is 244 g/mol. The Morgan fingerprint density at radius 2 is 2.21 bits per heavy atom. The van der Waals surface area contributed by atoms with Crippen molar-refractivity contribution in [1.82, 2.24) is 20.1 Å². The van der Waals surface area contributed by atoms with Crippen LogP contribution in [0.3, 0.4) is 0 Å². The summed E-state index contributed by atoms with van der Waals surface area (Å²) in [6.45, 7) is 2.63. The number of nitrogens with zero attached hydrogens (tertiary/aromatic N) is 4. The van der Waals surface area contributed by atoms with Gasteiger partial charge < -0.3 is 9.26 Å². The lowest BCUT2D eigenvalue weighted by Gasteiger charge is -2.24. The van der Waals surface area contributed by atoms with Crippen LogP contribution in [0.5, 0.6) is 0 Å². The van der Waals surface area contributed by atoms with Gasteiger partial charge in [0.25, 0.3) is 5.89 Å².